The van der Waals surface area contributed by atoms with Crippen molar-refractivity contribution in [3.8, 4) is 0 Å². The summed E-state index contributed by atoms with van der Waals surface area (Å²) < 4.78 is 34.9. The molecule has 2 atom stereocenters. The van der Waals surface area contributed by atoms with Crippen molar-refractivity contribution in [2.24, 2.45) is 5.73 Å². The number of nitrogens with zero attached hydrogens (tertiary/aromatic N) is 2. The first-order valence-corrected chi connectivity index (χ1v) is 14.5. The van der Waals surface area contributed by atoms with Crippen LogP contribution in [0.3, 0.4) is 0 Å². The normalized spacial score (nSPS) is 18.7. The van der Waals surface area contributed by atoms with Gasteiger partial charge in [-0.3, -0.25) is 10.2 Å². The molecule has 2 aromatic carbocycles. The number of hydrogen-bond donors (Lipinski definition) is 4. The molecule has 0 saturated carbocycles. The van der Waals surface area contributed by atoms with E-state index in [1.165, 1.54) is 4.90 Å². The Bertz CT molecular complexity index is 1440. The minimum Gasteiger partial charge on any atom is -0.450 e. The van der Waals surface area contributed by atoms with Crippen LogP contribution in [-0.2, 0) is 38.8 Å². The van der Waals surface area contributed by atoms with Crippen LogP contribution in [0.15, 0.2) is 59.0 Å². The molecule has 0 unspecified atom stereocenters. The zero-order valence-electron chi connectivity index (χ0n) is 22.6. The molecular formula is C28H35N5O6S. The van der Waals surface area contributed by atoms with Crippen molar-refractivity contribution in [2.45, 2.75) is 49.8 Å². The Morgan fingerprint density at radius 1 is 1.18 bits per heavy atom. The summed E-state index contributed by atoms with van der Waals surface area (Å²) in [7, 11) is -2.12. The maximum atomic E-state index is 13.9. The van der Waals surface area contributed by atoms with E-state index >= 15 is 0 Å². The average Bonchev–Trinajstić information content (AvgIpc) is 3.08. The topological polar surface area (TPSA) is 166 Å². The number of carboxylic acid groups (broad SMARTS) is 1. The highest BCUT2D eigenvalue weighted by Gasteiger charge is 2.36. The second kappa shape index (κ2) is 12.2. The number of nitrogen functional groups attached to an aromatic ring is 1. The highest BCUT2D eigenvalue weighted by atomic mass is 32.2. The monoisotopic (exact) mass is 569 g/mol. The first-order valence-electron chi connectivity index (χ1n) is 13.0. The number of rotatable bonds is 8. The van der Waals surface area contributed by atoms with Crippen LogP contribution in [0.25, 0.3) is 0 Å². The maximum absolute atomic E-state index is 13.9. The van der Waals surface area contributed by atoms with Crippen LogP contribution in [0.4, 0.5) is 4.79 Å². The predicted molar refractivity (Wildman–Crippen MR) is 150 cm³/mol. The summed E-state index contributed by atoms with van der Waals surface area (Å²) in [6, 6.07) is 10.4. The predicted octanol–water partition coefficient (Wildman–Crippen LogP) is 2.09. The third-order valence-electron chi connectivity index (χ3n) is 7.29. The van der Waals surface area contributed by atoms with E-state index in [4.69, 9.17) is 15.9 Å². The molecule has 2 heterocycles. The molecule has 0 saturated heterocycles. The lowest BCUT2D eigenvalue weighted by Gasteiger charge is -2.35. The summed E-state index contributed by atoms with van der Waals surface area (Å²) in [5.41, 5.74) is 9.56. The number of carbonyl (C=O) groups excluding carboxylic acids is 1. The number of amidine groups is 1. The lowest BCUT2D eigenvalue weighted by atomic mass is 10.0. The van der Waals surface area contributed by atoms with Crippen LogP contribution in [0.5, 0.6) is 0 Å². The molecule has 0 aromatic heterocycles. The summed E-state index contributed by atoms with van der Waals surface area (Å²) in [4.78, 5) is 28.7. The molecule has 5 N–H and O–H groups in total. The molecule has 4 rings (SSSR count). The number of ether oxygens (including phenoxy) is 1. The molecule has 11 nitrogen and oxygen atoms in total. The number of amides is 1. The lowest BCUT2D eigenvalue weighted by molar-refractivity contribution is -0.144. The molecule has 2 aliphatic heterocycles. The van der Waals surface area contributed by atoms with Gasteiger partial charge in [0, 0.05) is 31.6 Å². The van der Waals surface area contributed by atoms with E-state index in [0.717, 1.165) is 36.2 Å². The molecule has 2 aliphatic rings. The molecule has 1 amide bonds. The molecule has 2 aromatic rings. The van der Waals surface area contributed by atoms with Crippen molar-refractivity contribution in [1.29, 1.82) is 5.41 Å². The van der Waals surface area contributed by atoms with Crippen LogP contribution in [-0.4, -0.2) is 80.2 Å². The van der Waals surface area contributed by atoms with Gasteiger partial charge in [-0.15, -0.1) is 0 Å². The molecule has 0 bridgehead atoms. The highest BCUT2D eigenvalue weighted by molar-refractivity contribution is 7.89. The van der Waals surface area contributed by atoms with Crippen molar-refractivity contribution in [1.82, 2.24) is 14.5 Å². The summed E-state index contributed by atoms with van der Waals surface area (Å²) in [6.45, 7) is 3.57. The standard InChI is InChI=1S/C28H35N5O6S/c1-18-8-13-33(25(14-18)39-28(35)36)27(34)24(16-19-4-3-5-22(15-19)26(29)30)31-40(37,38)23-7-6-20-9-11-32(2)12-10-21(20)17-23/h3-8,15,17,24-25,31H,9-14,16H2,1-2H3,(H3,29,30)(H,35,36)/t24-,25+/m0/s1. The Kier molecular flexibility index (Phi) is 8.92. The molecular weight excluding hydrogens is 534 g/mol. The summed E-state index contributed by atoms with van der Waals surface area (Å²) in [5.74, 6) is -0.782. The summed E-state index contributed by atoms with van der Waals surface area (Å²) in [6.07, 6.45) is 0.827. The van der Waals surface area contributed by atoms with E-state index < -0.39 is 34.4 Å². The number of hydrogen-bond acceptors (Lipinski definition) is 7. The van der Waals surface area contributed by atoms with Crippen molar-refractivity contribution < 1.29 is 27.9 Å². The molecule has 40 heavy (non-hydrogen) atoms. The van der Waals surface area contributed by atoms with Crippen LogP contribution < -0.4 is 10.5 Å². The van der Waals surface area contributed by atoms with Crippen LogP contribution in [0, 0.1) is 5.41 Å². The van der Waals surface area contributed by atoms with Crippen molar-refractivity contribution in [2.75, 3.05) is 26.7 Å². The van der Waals surface area contributed by atoms with Gasteiger partial charge in [0.25, 0.3) is 0 Å². The Balaban J connectivity index is 1.67. The molecule has 0 spiro atoms. The van der Waals surface area contributed by atoms with Gasteiger partial charge < -0.3 is 25.4 Å². The Labute approximate surface area is 234 Å². The van der Waals surface area contributed by atoms with E-state index in [1.807, 2.05) is 20.0 Å². The van der Waals surface area contributed by atoms with Gasteiger partial charge in [-0.05, 0) is 68.1 Å². The van der Waals surface area contributed by atoms with E-state index in [9.17, 15) is 23.1 Å². The number of nitrogens with two attached hydrogens (primary N) is 1. The van der Waals surface area contributed by atoms with Gasteiger partial charge >= 0.3 is 6.16 Å². The Hall–Kier alpha value is -3.74. The molecule has 12 heteroatoms. The van der Waals surface area contributed by atoms with Crippen molar-refractivity contribution in [3.05, 3.63) is 76.4 Å². The first kappa shape index (κ1) is 29.2. The molecule has 0 aliphatic carbocycles. The quantitative estimate of drug-likeness (QED) is 0.162. The smallest absolute Gasteiger partial charge is 0.450 e. The van der Waals surface area contributed by atoms with Gasteiger partial charge in [0.1, 0.15) is 11.9 Å². The second-order valence-corrected chi connectivity index (χ2v) is 12.0. The number of nitrogens with one attached hydrogen (secondary N) is 2. The fourth-order valence-corrected chi connectivity index (χ4v) is 6.25. The van der Waals surface area contributed by atoms with Crippen molar-refractivity contribution >= 4 is 27.9 Å². The van der Waals surface area contributed by atoms with Gasteiger partial charge in [0.05, 0.1) is 4.90 Å². The molecule has 0 fully saturated rings. The molecule has 0 radical (unpaired) electrons. The van der Waals surface area contributed by atoms with Crippen molar-refractivity contribution in [3.63, 3.8) is 0 Å². The van der Waals surface area contributed by atoms with Gasteiger partial charge in [-0.1, -0.05) is 35.9 Å². The van der Waals surface area contributed by atoms with Crippen LogP contribution >= 0.6 is 0 Å². The van der Waals surface area contributed by atoms with Crippen LogP contribution in [0.1, 0.15) is 35.6 Å². The fourth-order valence-electron chi connectivity index (χ4n) is 5.01. The largest absolute Gasteiger partial charge is 0.507 e. The minimum absolute atomic E-state index is 0.0477. The zero-order chi connectivity index (χ0) is 29.0. The third-order valence-corrected chi connectivity index (χ3v) is 8.76. The fraction of sp³-hybridized carbons (Fsp3) is 0.393. The zero-order valence-corrected chi connectivity index (χ0v) is 23.4. The van der Waals surface area contributed by atoms with E-state index in [2.05, 4.69) is 9.62 Å². The highest BCUT2D eigenvalue weighted by Crippen LogP contribution is 2.24. The number of likely N-dealkylation sites (N-methyl/N-ethyl adjacent to an activating group) is 1. The lowest BCUT2D eigenvalue weighted by Crippen LogP contribution is -2.54. The molecule has 214 valence electrons. The third kappa shape index (κ3) is 7.06. The average molecular weight is 570 g/mol. The first-order chi connectivity index (χ1) is 18.9. The SMILES string of the molecule is CC1=CCN(C(=O)[C@H](Cc2cccc(C(=N)N)c2)NS(=O)(=O)c2ccc3c(c2)CCN(C)CC3)[C@H](OC(=O)O)C1. The number of fused-ring (bicyclic) bond motifs is 1. The number of sulfonamides is 1. The minimum atomic E-state index is -4.15. The van der Waals surface area contributed by atoms with Crippen LogP contribution in [0.2, 0.25) is 0 Å². The van der Waals surface area contributed by atoms with Gasteiger partial charge in [-0.25, -0.2) is 13.2 Å². The number of benzene rings is 2. The summed E-state index contributed by atoms with van der Waals surface area (Å²) in [5, 5.41) is 17.0. The second-order valence-electron chi connectivity index (χ2n) is 10.3. The van der Waals surface area contributed by atoms with E-state index in [-0.39, 0.29) is 30.1 Å². The van der Waals surface area contributed by atoms with E-state index in [0.29, 0.717) is 17.5 Å². The summed E-state index contributed by atoms with van der Waals surface area (Å²) >= 11 is 0. The maximum Gasteiger partial charge on any atom is 0.507 e. The van der Waals surface area contributed by atoms with Gasteiger partial charge in [0.2, 0.25) is 15.9 Å². The van der Waals surface area contributed by atoms with E-state index in [1.54, 1.807) is 42.5 Å². The Morgan fingerprint density at radius 3 is 2.60 bits per heavy atom. The van der Waals surface area contributed by atoms with Gasteiger partial charge in [0.15, 0.2) is 6.23 Å². The number of carbonyl (C=O) groups is 2. The Morgan fingerprint density at radius 2 is 1.90 bits per heavy atom. The van der Waals surface area contributed by atoms with Gasteiger partial charge in [-0.2, -0.15) is 4.72 Å².